The minimum atomic E-state index is -3.60. The summed E-state index contributed by atoms with van der Waals surface area (Å²) in [6, 6.07) is 4.91. The van der Waals surface area contributed by atoms with Crippen molar-refractivity contribution in [1.82, 2.24) is 24.7 Å². The Kier molecular flexibility index (Phi) is 4.53. The van der Waals surface area contributed by atoms with E-state index >= 15 is 0 Å². The van der Waals surface area contributed by atoms with Gasteiger partial charge < -0.3 is 0 Å². The molecule has 3 aromatic rings. The van der Waals surface area contributed by atoms with Gasteiger partial charge in [0.25, 0.3) is 6.43 Å². The van der Waals surface area contributed by atoms with Gasteiger partial charge in [-0.3, -0.25) is 9.67 Å². The number of sulfone groups is 1. The third-order valence-corrected chi connectivity index (χ3v) is 4.12. The van der Waals surface area contributed by atoms with Gasteiger partial charge in [-0.1, -0.05) is 0 Å². The Morgan fingerprint density at radius 2 is 2.04 bits per heavy atom. The molecular formula is C15H13F2N5O2S. The number of pyridine rings is 1. The molecule has 0 aliphatic heterocycles. The summed E-state index contributed by atoms with van der Waals surface area (Å²) in [7, 11) is -3.60. The molecular weight excluding hydrogens is 352 g/mol. The molecule has 0 atom stereocenters. The quantitative estimate of drug-likeness (QED) is 0.643. The molecule has 0 bridgehead atoms. The van der Waals surface area contributed by atoms with Crippen molar-refractivity contribution in [2.45, 2.75) is 18.1 Å². The molecule has 3 rings (SSSR count). The Morgan fingerprint density at radius 3 is 2.68 bits per heavy atom. The van der Waals surface area contributed by atoms with Crippen molar-refractivity contribution in [3.05, 3.63) is 43.0 Å². The second-order valence-electron chi connectivity index (χ2n) is 5.24. The summed E-state index contributed by atoms with van der Waals surface area (Å²) < 4.78 is 49.9. The van der Waals surface area contributed by atoms with Gasteiger partial charge in [-0.15, -0.1) is 0 Å². The first-order valence-corrected chi connectivity index (χ1v) is 9.03. The molecule has 3 aromatic heterocycles. The average molecular weight is 365 g/mol. The predicted molar refractivity (Wildman–Crippen MR) is 85.6 cm³/mol. The predicted octanol–water partition coefficient (Wildman–Crippen LogP) is 2.07. The monoisotopic (exact) mass is 365 g/mol. The summed E-state index contributed by atoms with van der Waals surface area (Å²) in [6.45, 7) is -0.586. The minimum Gasteiger partial charge on any atom is -0.266 e. The van der Waals surface area contributed by atoms with Crippen LogP contribution in [0.5, 0.6) is 0 Å². The molecule has 0 saturated carbocycles. The molecule has 0 saturated heterocycles. The lowest BCUT2D eigenvalue weighted by Gasteiger charge is -2.03. The lowest BCUT2D eigenvalue weighted by atomic mass is 10.1. The summed E-state index contributed by atoms with van der Waals surface area (Å²) in [4.78, 5) is 11.8. The van der Waals surface area contributed by atoms with Gasteiger partial charge in [0.15, 0.2) is 0 Å². The molecule has 7 nitrogen and oxygen atoms in total. The van der Waals surface area contributed by atoms with E-state index in [2.05, 4.69) is 20.1 Å². The number of hydrogen-bond acceptors (Lipinski definition) is 6. The minimum absolute atomic E-state index is 0.273. The van der Waals surface area contributed by atoms with Crippen LogP contribution >= 0.6 is 0 Å². The van der Waals surface area contributed by atoms with E-state index in [1.165, 1.54) is 24.7 Å². The third-order valence-electron chi connectivity index (χ3n) is 3.26. The van der Waals surface area contributed by atoms with E-state index in [-0.39, 0.29) is 10.9 Å². The van der Waals surface area contributed by atoms with Crippen LogP contribution in [0.15, 0.2) is 48.1 Å². The van der Waals surface area contributed by atoms with Crippen molar-refractivity contribution in [1.29, 1.82) is 0 Å². The van der Waals surface area contributed by atoms with E-state index in [1.54, 1.807) is 18.3 Å². The zero-order valence-electron chi connectivity index (χ0n) is 13.0. The first-order chi connectivity index (χ1) is 11.8. The highest BCUT2D eigenvalue weighted by Gasteiger charge is 2.19. The normalized spacial score (nSPS) is 11.8. The Morgan fingerprint density at radius 1 is 1.24 bits per heavy atom. The van der Waals surface area contributed by atoms with Crippen LogP contribution < -0.4 is 0 Å². The van der Waals surface area contributed by atoms with Crippen LogP contribution in [-0.2, 0) is 16.4 Å². The van der Waals surface area contributed by atoms with Gasteiger partial charge in [0.05, 0.1) is 5.69 Å². The van der Waals surface area contributed by atoms with Crippen molar-refractivity contribution in [2.75, 3.05) is 6.26 Å². The zero-order chi connectivity index (χ0) is 18.0. The van der Waals surface area contributed by atoms with Crippen LogP contribution in [0.4, 0.5) is 8.78 Å². The first-order valence-electron chi connectivity index (χ1n) is 7.14. The Hall–Kier alpha value is -2.75. The Labute approximate surface area is 142 Å². The van der Waals surface area contributed by atoms with Gasteiger partial charge in [-0.25, -0.2) is 27.2 Å². The number of hydrogen-bond donors (Lipinski definition) is 0. The molecule has 0 aliphatic rings. The van der Waals surface area contributed by atoms with E-state index in [0.717, 1.165) is 10.9 Å². The van der Waals surface area contributed by atoms with Gasteiger partial charge in [0.2, 0.25) is 15.0 Å². The van der Waals surface area contributed by atoms with E-state index in [1.807, 2.05) is 0 Å². The van der Waals surface area contributed by atoms with Crippen LogP contribution in [-0.4, -0.2) is 45.8 Å². The molecule has 0 fully saturated rings. The van der Waals surface area contributed by atoms with Gasteiger partial charge in [-0.05, 0) is 18.2 Å². The van der Waals surface area contributed by atoms with Crippen molar-refractivity contribution >= 4 is 9.84 Å². The fourth-order valence-electron chi connectivity index (χ4n) is 2.23. The molecule has 0 aliphatic carbocycles. The maximum atomic E-state index is 12.7. The number of nitrogens with zero attached hydrogens (tertiary/aromatic N) is 5. The molecule has 0 aromatic carbocycles. The fourth-order valence-corrected chi connectivity index (χ4v) is 2.75. The van der Waals surface area contributed by atoms with Crippen molar-refractivity contribution in [3.63, 3.8) is 0 Å². The van der Waals surface area contributed by atoms with E-state index in [0.29, 0.717) is 16.8 Å². The SMILES string of the molecule is CS(=O)(=O)c1nccc(-c2cn(CC(F)F)nc2-c2cccnc2)n1. The summed E-state index contributed by atoms with van der Waals surface area (Å²) >= 11 is 0. The Balaban J connectivity index is 2.16. The average Bonchev–Trinajstić information content (AvgIpc) is 2.98. The topological polar surface area (TPSA) is 90.6 Å². The summed E-state index contributed by atoms with van der Waals surface area (Å²) in [5.41, 5.74) is 1.67. The van der Waals surface area contributed by atoms with Crippen LogP contribution in [0.25, 0.3) is 22.5 Å². The van der Waals surface area contributed by atoms with Crippen molar-refractivity contribution < 1.29 is 17.2 Å². The van der Waals surface area contributed by atoms with Gasteiger partial charge in [0, 0.05) is 42.2 Å². The summed E-state index contributed by atoms with van der Waals surface area (Å²) in [6.07, 6.45) is 4.24. The standard InChI is InChI=1S/C15H13F2N5O2S/c1-25(23,24)15-19-6-4-12(20-15)11-8-22(9-13(16)17)21-14(11)10-3-2-5-18-7-10/h2-8,13H,9H2,1H3. The molecule has 3 heterocycles. The lowest BCUT2D eigenvalue weighted by molar-refractivity contribution is 0.122. The first kappa shape index (κ1) is 17.1. The molecule has 0 amide bonds. The van der Waals surface area contributed by atoms with Crippen LogP contribution in [0, 0.1) is 0 Å². The van der Waals surface area contributed by atoms with Gasteiger partial charge in [0.1, 0.15) is 12.2 Å². The van der Waals surface area contributed by atoms with Gasteiger partial charge >= 0.3 is 0 Å². The zero-order valence-corrected chi connectivity index (χ0v) is 13.9. The highest BCUT2D eigenvalue weighted by atomic mass is 32.2. The van der Waals surface area contributed by atoms with Crippen molar-refractivity contribution in [3.8, 4) is 22.5 Å². The van der Waals surface area contributed by atoms with E-state index in [9.17, 15) is 17.2 Å². The van der Waals surface area contributed by atoms with Crippen LogP contribution in [0.1, 0.15) is 0 Å². The fraction of sp³-hybridized carbons (Fsp3) is 0.200. The van der Waals surface area contributed by atoms with E-state index in [4.69, 9.17) is 0 Å². The number of halogens is 2. The molecule has 0 unspecified atom stereocenters. The molecule has 10 heteroatoms. The van der Waals surface area contributed by atoms with Gasteiger partial charge in [-0.2, -0.15) is 5.10 Å². The van der Waals surface area contributed by atoms with Crippen LogP contribution in [0.2, 0.25) is 0 Å². The highest BCUT2D eigenvalue weighted by Crippen LogP contribution is 2.29. The summed E-state index contributed by atoms with van der Waals surface area (Å²) in [5.74, 6) is 0. The molecule has 25 heavy (non-hydrogen) atoms. The smallest absolute Gasteiger partial charge is 0.257 e. The molecule has 130 valence electrons. The van der Waals surface area contributed by atoms with Crippen LogP contribution in [0.3, 0.4) is 0 Å². The lowest BCUT2D eigenvalue weighted by Crippen LogP contribution is -2.06. The summed E-state index contributed by atoms with van der Waals surface area (Å²) in [5, 5.41) is 3.83. The second kappa shape index (κ2) is 6.63. The number of alkyl halides is 2. The molecule has 0 spiro atoms. The number of aromatic nitrogens is 5. The second-order valence-corrected chi connectivity index (χ2v) is 7.15. The van der Waals surface area contributed by atoms with E-state index < -0.39 is 22.8 Å². The maximum absolute atomic E-state index is 12.7. The number of rotatable bonds is 5. The highest BCUT2D eigenvalue weighted by molar-refractivity contribution is 7.90. The third kappa shape index (κ3) is 3.85. The maximum Gasteiger partial charge on any atom is 0.257 e. The molecule has 0 radical (unpaired) electrons. The molecule has 0 N–H and O–H groups in total. The Bertz CT molecular complexity index is 990. The van der Waals surface area contributed by atoms with Crippen molar-refractivity contribution in [2.24, 2.45) is 0 Å². The largest absolute Gasteiger partial charge is 0.266 e.